The van der Waals surface area contributed by atoms with Gasteiger partial charge < -0.3 is 9.52 Å². The number of benzene rings is 1. The van der Waals surface area contributed by atoms with Gasteiger partial charge in [-0.25, -0.2) is 4.39 Å². The van der Waals surface area contributed by atoms with Crippen LogP contribution >= 0.6 is 0 Å². The van der Waals surface area contributed by atoms with Crippen LogP contribution in [0.4, 0.5) is 4.39 Å². The highest BCUT2D eigenvalue weighted by Gasteiger charge is 2.47. The van der Waals surface area contributed by atoms with Crippen LogP contribution < -0.4 is 0 Å². The third-order valence-electron chi connectivity index (χ3n) is 5.52. The second-order valence-electron chi connectivity index (χ2n) is 7.36. The van der Waals surface area contributed by atoms with E-state index in [1.807, 2.05) is 27.1 Å². The van der Waals surface area contributed by atoms with Gasteiger partial charge in [0.25, 0.3) is 0 Å². The van der Waals surface area contributed by atoms with E-state index in [1.54, 1.807) is 24.6 Å². The minimum Gasteiger partial charge on any atom is -0.481 e. The minimum absolute atomic E-state index is 0.149. The number of carboxylic acids is 1. The molecule has 1 aromatic carbocycles. The van der Waals surface area contributed by atoms with Crippen molar-refractivity contribution in [1.29, 1.82) is 0 Å². The minimum atomic E-state index is -0.817. The van der Waals surface area contributed by atoms with Crippen LogP contribution in [0.5, 0.6) is 0 Å². The molecule has 0 radical (unpaired) electrons. The molecule has 0 saturated heterocycles. The van der Waals surface area contributed by atoms with Crippen LogP contribution in [0.2, 0.25) is 0 Å². The van der Waals surface area contributed by atoms with Crippen molar-refractivity contribution < 1.29 is 18.7 Å². The Labute approximate surface area is 168 Å². The third kappa shape index (κ3) is 2.45. The van der Waals surface area contributed by atoms with Crippen LogP contribution in [0.25, 0.3) is 34.0 Å². The van der Waals surface area contributed by atoms with Crippen molar-refractivity contribution in [2.75, 3.05) is 0 Å². The molecule has 2 atom stereocenters. The van der Waals surface area contributed by atoms with Crippen LogP contribution in [0.1, 0.15) is 18.2 Å². The van der Waals surface area contributed by atoms with Gasteiger partial charge in [-0.15, -0.1) is 10.2 Å². The van der Waals surface area contributed by atoms with Crippen molar-refractivity contribution in [2.24, 2.45) is 5.92 Å². The molecular formula is C21H14FN5O3. The van der Waals surface area contributed by atoms with Crippen molar-refractivity contribution in [3.8, 4) is 22.5 Å². The molecule has 4 aromatic heterocycles. The van der Waals surface area contributed by atoms with Crippen LogP contribution in [0, 0.1) is 11.7 Å². The van der Waals surface area contributed by atoms with E-state index in [1.165, 1.54) is 12.1 Å². The highest BCUT2D eigenvalue weighted by molar-refractivity contribution is 5.81. The number of rotatable bonds is 4. The van der Waals surface area contributed by atoms with Crippen molar-refractivity contribution in [2.45, 2.75) is 12.3 Å². The van der Waals surface area contributed by atoms with Gasteiger partial charge in [0.15, 0.2) is 5.65 Å². The van der Waals surface area contributed by atoms with E-state index in [-0.39, 0.29) is 11.7 Å². The quantitative estimate of drug-likeness (QED) is 0.492. The number of hydrogen-bond acceptors (Lipinski definition) is 5. The van der Waals surface area contributed by atoms with Crippen LogP contribution in [0.15, 0.2) is 59.5 Å². The van der Waals surface area contributed by atoms with Gasteiger partial charge in [0.05, 0.1) is 11.6 Å². The third-order valence-corrected chi connectivity index (χ3v) is 5.52. The summed E-state index contributed by atoms with van der Waals surface area (Å²) in [5, 5.41) is 17.7. The molecule has 9 heteroatoms. The van der Waals surface area contributed by atoms with Gasteiger partial charge in [-0.05, 0) is 42.8 Å². The van der Waals surface area contributed by atoms with Crippen LogP contribution in [0.3, 0.4) is 0 Å². The highest BCUT2D eigenvalue weighted by Crippen LogP contribution is 2.47. The van der Waals surface area contributed by atoms with Crippen LogP contribution in [-0.4, -0.2) is 35.1 Å². The summed E-state index contributed by atoms with van der Waals surface area (Å²) in [7, 11) is 0. The molecule has 148 valence electrons. The smallest absolute Gasteiger partial charge is 0.307 e. The summed E-state index contributed by atoms with van der Waals surface area (Å²) in [5.74, 6) is -0.661. The number of fused-ring (bicyclic) bond motifs is 2. The van der Waals surface area contributed by atoms with Gasteiger partial charge in [0.2, 0.25) is 0 Å². The van der Waals surface area contributed by atoms with E-state index >= 15 is 0 Å². The largest absolute Gasteiger partial charge is 0.481 e. The average Bonchev–Trinajstić information content (AvgIpc) is 3.07. The molecule has 1 aliphatic carbocycles. The maximum absolute atomic E-state index is 13.4. The highest BCUT2D eigenvalue weighted by atomic mass is 19.1. The molecule has 6 rings (SSSR count). The molecule has 4 heterocycles. The summed E-state index contributed by atoms with van der Waals surface area (Å²) in [6.45, 7) is 0. The summed E-state index contributed by atoms with van der Waals surface area (Å²) in [6, 6.07) is 9.85. The predicted octanol–water partition coefficient (Wildman–Crippen LogP) is 3.63. The normalized spacial score (nSPS) is 18.3. The zero-order valence-electron chi connectivity index (χ0n) is 15.4. The van der Waals surface area contributed by atoms with E-state index < -0.39 is 11.9 Å². The van der Waals surface area contributed by atoms with E-state index in [0.29, 0.717) is 29.4 Å². The SMILES string of the molecule is O=C(O)C1CC1c1nnc2ccc(-c3c(-c4ccc(F)cc4)nc4occn34)cn12. The van der Waals surface area contributed by atoms with Crippen molar-refractivity contribution in [3.05, 3.63) is 66.7 Å². The Kier molecular flexibility index (Phi) is 3.38. The Morgan fingerprint density at radius 2 is 1.90 bits per heavy atom. The molecule has 1 saturated carbocycles. The summed E-state index contributed by atoms with van der Waals surface area (Å²) < 4.78 is 22.5. The molecule has 0 amide bonds. The summed E-state index contributed by atoms with van der Waals surface area (Å²) >= 11 is 0. The molecule has 1 aliphatic rings. The van der Waals surface area contributed by atoms with Gasteiger partial charge in [-0.3, -0.25) is 13.6 Å². The zero-order valence-corrected chi connectivity index (χ0v) is 15.4. The summed E-state index contributed by atoms with van der Waals surface area (Å²) in [5.41, 5.74) is 3.64. The van der Waals surface area contributed by atoms with Gasteiger partial charge >= 0.3 is 11.8 Å². The summed E-state index contributed by atoms with van der Waals surface area (Å²) in [4.78, 5) is 15.9. The number of aliphatic carboxylic acids is 1. The number of carboxylic acid groups (broad SMARTS) is 1. The molecule has 5 aromatic rings. The van der Waals surface area contributed by atoms with E-state index in [2.05, 4.69) is 15.2 Å². The van der Waals surface area contributed by atoms with Gasteiger partial charge in [-0.1, -0.05) is 0 Å². The fourth-order valence-electron chi connectivity index (χ4n) is 3.93. The van der Waals surface area contributed by atoms with Crippen molar-refractivity contribution in [3.63, 3.8) is 0 Å². The number of hydrogen-bond donors (Lipinski definition) is 1. The van der Waals surface area contributed by atoms with Gasteiger partial charge in [0.1, 0.15) is 23.6 Å². The molecular weight excluding hydrogens is 389 g/mol. The predicted molar refractivity (Wildman–Crippen MR) is 103 cm³/mol. The average molecular weight is 403 g/mol. The number of aromatic nitrogens is 5. The molecule has 1 N–H and O–H groups in total. The van der Waals surface area contributed by atoms with Gasteiger partial charge in [0, 0.05) is 29.4 Å². The first-order valence-corrected chi connectivity index (χ1v) is 9.39. The second-order valence-corrected chi connectivity index (χ2v) is 7.36. The van der Waals surface area contributed by atoms with Gasteiger partial charge in [-0.2, -0.15) is 4.98 Å². The molecule has 0 aliphatic heterocycles. The zero-order chi connectivity index (χ0) is 20.4. The molecule has 30 heavy (non-hydrogen) atoms. The van der Waals surface area contributed by atoms with Crippen molar-refractivity contribution in [1.82, 2.24) is 24.0 Å². The fourth-order valence-corrected chi connectivity index (χ4v) is 3.93. The first-order valence-electron chi connectivity index (χ1n) is 9.39. The van der Waals surface area contributed by atoms with E-state index in [9.17, 15) is 14.3 Å². The number of nitrogens with zero attached hydrogens (tertiary/aromatic N) is 5. The number of imidazole rings is 1. The molecule has 2 unspecified atom stereocenters. The number of halogens is 1. The Bertz CT molecular complexity index is 1430. The molecule has 8 nitrogen and oxygen atoms in total. The van der Waals surface area contributed by atoms with Crippen LogP contribution in [-0.2, 0) is 4.79 Å². The lowest BCUT2D eigenvalue weighted by Crippen LogP contribution is -2.02. The maximum atomic E-state index is 13.4. The first kappa shape index (κ1) is 16.9. The van der Waals surface area contributed by atoms with E-state index in [4.69, 9.17) is 4.42 Å². The standard InChI is InChI=1S/C21H14FN5O3/c22-13-4-1-11(2-5-13)17-18(26-7-8-30-21(26)23-17)12-3-6-16-24-25-19(27(16)10-12)14-9-15(14)20(28)29/h1-8,10,14-15H,9H2,(H,28,29). The monoisotopic (exact) mass is 403 g/mol. The summed E-state index contributed by atoms with van der Waals surface area (Å²) in [6.07, 6.45) is 5.75. The lowest BCUT2D eigenvalue weighted by atomic mass is 10.1. The Morgan fingerprint density at radius 3 is 2.67 bits per heavy atom. The number of carbonyl (C=O) groups is 1. The Balaban J connectivity index is 1.54. The second kappa shape index (κ2) is 5.99. The topological polar surface area (TPSA) is 97.9 Å². The lowest BCUT2D eigenvalue weighted by Gasteiger charge is -2.06. The maximum Gasteiger partial charge on any atom is 0.307 e. The Hall–Kier alpha value is -4.01. The molecule has 0 bridgehead atoms. The first-order chi connectivity index (χ1) is 14.6. The fraction of sp³-hybridized carbons (Fsp3) is 0.143. The molecule has 0 spiro atoms. The Morgan fingerprint density at radius 1 is 1.10 bits per heavy atom. The lowest BCUT2D eigenvalue weighted by molar-refractivity contribution is -0.138. The number of pyridine rings is 1. The number of oxazole rings is 1. The molecule has 1 fully saturated rings. The van der Waals surface area contributed by atoms with E-state index in [0.717, 1.165) is 16.8 Å². The van der Waals surface area contributed by atoms with Crippen molar-refractivity contribution >= 4 is 17.5 Å².